The van der Waals surface area contributed by atoms with Gasteiger partial charge in [0.2, 0.25) is 0 Å². The summed E-state index contributed by atoms with van der Waals surface area (Å²) in [4.78, 5) is 12.2. The average molecular weight is 279 g/mol. The van der Waals surface area contributed by atoms with E-state index < -0.39 is 17.2 Å². The average Bonchev–Trinajstić information content (AvgIpc) is 2.36. The topological polar surface area (TPSA) is 58.6 Å². The first-order chi connectivity index (χ1) is 9.19. The highest BCUT2D eigenvalue weighted by molar-refractivity contribution is 5.77. The third kappa shape index (κ3) is 4.05. The van der Waals surface area contributed by atoms with Gasteiger partial charge in [-0.25, -0.2) is 4.79 Å². The first-order valence-corrected chi connectivity index (χ1v) is 6.90. The van der Waals surface area contributed by atoms with Crippen molar-refractivity contribution in [2.45, 2.75) is 51.8 Å². The summed E-state index contributed by atoms with van der Waals surface area (Å²) in [6.45, 7) is 9.26. The number of aliphatic hydroxyl groups is 1. The van der Waals surface area contributed by atoms with E-state index in [-0.39, 0.29) is 5.97 Å². The predicted octanol–water partition coefficient (Wildman–Crippen LogP) is 2.43. The lowest BCUT2D eigenvalue weighted by Crippen LogP contribution is -2.58. The van der Waals surface area contributed by atoms with Crippen LogP contribution >= 0.6 is 0 Å². The van der Waals surface area contributed by atoms with E-state index in [2.05, 4.69) is 5.32 Å². The van der Waals surface area contributed by atoms with Crippen molar-refractivity contribution >= 4 is 5.97 Å². The number of carbonyl (C=O) groups excluding carboxylic acids is 1. The number of esters is 1. The largest absolute Gasteiger partial charge is 0.465 e. The lowest BCUT2D eigenvalue weighted by Gasteiger charge is -2.40. The summed E-state index contributed by atoms with van der Waals surface area (Å²) >= 11 is 0. The molecule has 0 heterocycles. The van der Waals surface area contributed by atoms with Crippen LogP contribution < -0.4 is 5.32 Å². The minimum absolute atomic E-state index is 0.326. The molecular formula is C16H25NO3. The lowest BCUT2D eigenvalue weighted by molar-refractivity contribution is -0.147. The van der Waals surface area contributed by atoms with Crippen LogP contribution in [0.3, 0.4) is 0 Å². The van der Waals surface area contributed by atoms with E-state index in [9.17, 15) is 9.90 Å². The van der Waals surface area contributed by atoms with Gasteiger partial charge in [-0.1, -0.05) is 30.3 Å². The van der Waals surface area contributed by atoms with Crippen molar-refractivity contribution in [2.75, 3.05) is 6.61 Å². The number of ether oxygens (including phenoxy) is 1. The zero-order valence-electron chi connectivity index (χ0n) is 12.9. The standard InChI is InChI=1S/C16H25NO3/c1-6-20-14(18)13(12-10-8-7-9-11-12)17-15(2,3)16(4,5)19/h7-11,13,17,19H,6H2,1-5H3. The van der Waals surface area contributed by atoms with Crippen LogP contribution in [0.15, 0.2) is 30.3 Å². The van der Waals surface area contributed by atoms with E-state index >= 15 is 0 Å². The summed E-state index contributed by atoms with van der Waals surface area (Å²) in [6.07, 6.45) is 0. The number of rotatable bonds is 6. The Balaban J connectivity index is 3.04. The summed E-state index contributed by atoms with van der Waals surface area (Å²) in [6, 6.07) is 8.79. The van der Waals surface area contributed by atoms with Gasteiger partial charge in [0.15, 0.2) is 0 Å². The van der Waals surface area contributed by atoms with Crippen LogP contribution in [0.5, 0.6) is 0 Å². The van der Waals surface area contributed by atoms with Crippen LogP contribution in [0.2, 0.25) is 0 Å². The van der Waals surface area contributed by atoms with Crippen molar-refractivity contribution in [1.82, 2.24) is 5.32 Å². The second-order valence-corrected chi connectivity index (χ2v) is 5.92. The van der Waals surface area contributed by atoms with Crippen LogP contribution in [0.4, 0.5) is 0 Å². The summed E-state index contributed by atoms with van der Waals surface area (Å²) < 4.78 is 5.13. The maximum absolute atomic E-state index is 12.2. The minimum atomic E-state index is -0.980. The van der Waals surface area contributed by atoms with Crippen LogP contribution in [-0.4, -0.2) is 28.8 Å². The lowest BCUT2D eigenvalue weighted by atomic mass is 9.84. The third-order valence-electron chi connectivity index (χ3n) is 3.69. The molecule has 1 aromatic carbocycles. The Hall–Kier alpha value is -1.39. The molecule has 2 N–H and O–H groups in total. The van der Waals surface area contributed by atoms with Crippen LogP contribution in [0.25, 0.3) is 0 Å². The summed E-state index contributed by atoms with van der Waals surface area (Å²) in [5.41, 5.74) is -0.810. The Kier molecular flexibility index (Phi) is 5.31. The Labute approximate surface area is 121 Å². The summed E-state index contributed by atoms with van der Waals surface area (Å²) in [5, 5.41) is 13.4. The molecule has 1 unspecified atom stereocenters. The maximum atomic E-state index is 12.2. The van der Waals surface area contributed by atoms with Gasteiger partial charge in [-0.05, 0) is 40.2 Å². The molecule has 112 valence electrons. The number of carbonyl (C=O) groups is 1. The molecule has 1 atom stereocenters. The molecule has 20 heavy (non-hydrogen) atoms. The van der Waals surface area contributed by atoms with Crippen molar-refractivity contribution in [3.8, 4) is 0 Å². The maximum Gasteiger partial charge on any atom is 0.327 e. The van der Waals surface area contributed by atoms with Crippen molar-refractivity contribution in [3.05, 3.63) is 35.9 Å². The smallest absolute Gasteiger partial charge is 0.327 e. The Bertz CT molecular complexity index is 435. The van der Waals surface area contributed by atoms with Gasteiger partial charge in [0, 0.05) is 5.54 Å². The Morgan fingerprint density at radius 2 is 1.80 bits per heavy atom. The van der Waals surface area contributed by atoms with Gasteiger partial charge in [0.05, 0.1) is 12.2 Å². The normalized spacial score (nSPS) is 13.9. The summed E-state index contributed by atoms with van der Waals surface area (Å²) in [7, 11) is 0. The van der Waals surface area contributed by atoms with Gasteiger partial charge < -0.3 is 9.84 Å². The van der Waals surface area contributed by atoms with E-state index in [0.29, 0.717) is 6.61 Å². The molecule has 0 amide bonds. The zero-order chi connectivity index (χ0) is 15.4. The molecule has 0 aromatic heterocycles. The molecular weight excluding hydrogens is 254 g/mol. The molecule has 0 aliphatic rings. The molecule has 4 heteroatoms. The fraction of sp³-hybridized carbons (Fsp3) is 0.562. The summed E-state index contributed by atoms with van der Waals surface area (Å²) in [5.74, 6) is -0.337. The fourth-order valence-electron chi connectivity index (χ4n) is 1.69. The van der Waals surface area contributed by atoms with Crippen molar-refractivity contribution in [3.63, 3.8) is 0 Å². The second kappa shape index (κ2) is 6.37. The molecule has 0 saturated heterocycles. The van der Waals surface area contributed by atoms with E-state index in [0.717, 1.165) is 5.56 Å². The second-order valence-electron chi connectivity index (χ2n) is 5.92. The zero-order valence-corrected chi connectivity index (χ0v) is 12.9. The molecule has 1 aromatic rings. The quantitative estimate of drug-likeness (QED) is 0.785. The van der Waals surface area contributed by atoms with Crippen molar-refractivity contribution < 1.29 is 14.6 Å². The molecule has 0 radical (unpaired) electrons. The van der Waals surface area contributed by atoms with Gasteiger partial charge in [-0.3, -0.25) is 5.32 Å². The third-order valence-corrected chi connectivity index (χ3v) is 3.69. The first-order valence-electron chi connectivity index (χ1n) is 6.90. The monoisotopic (exact) mass is 279 g/mol. The van der Waals surface area contributed by atoms with E-state index in [4.69, 9.17) is 4.74 Å². The molecule has 0 aliphatic carbocycles. The molecule has 1 rings (SSSR count). The molecule has 0 bridgehead atoms. The van der Waals surface area contributed by atoms with E-state index in [1.54, 1.807) is 20.8 Å². The molecule has 0 saturated carbocycles. The van der Waals surface area contributed by atoms with E-state index in [1.807, 2.05) is 44.2 Å². The van der Waals surface area contributed by atoms with Crippen molar-refractivity contribution in [2.24, 2.45) is 0 Å². The highest BCUT2D eigenvalue weighted by Crippen LogP contribution is 2.26. The van der Waals surface area contributed by atoms with Crippen LogP contribution in [0, 0.1) is 0 Å². The van der Waals surface area contributed by atoms with Crippen molar-refractivity contribution in [1.29, 1.82) is 0 Å². The number of nitrogens with one attached hydrogen (secondary N) is 1. The van der Waals surface area contributed by atoms with Gasteiger partial charge in [0.1, 0.15) is 6.04 Å². The predicted molar refractivity (Wildman–Crippen MR) is 79.3 cm³/mol. The number of hydrogen-bond acceptors (Lipinski definition) is 4. The SMILES string of the molecule is CCOC(=O)C(NC(C)(C)C(C)(C)O)c1ccccc1. The van der Waals surface area contributed by atoms with E-state index in [1.165, 1.54) is 0 Å². The van der Waals surface area contributed by atoms with Gasteiger partial charge in [0.25, 0.3) is 0 Å². The molecule has 0 fully saturated rings. The highest BCUT2D eigenvalue weighted by Gasteiger charge is 2.39. The first kappa shape index (κ1) is 16.7. The Morgan fingerprint density at radius 3 is 2.25 bits per heavy atom. The van der Waals surface area contributed by atoms with Gasteiger partial charge >= 0.3 is 5.97 Å². The van der Waals surface area contributed by atoms with Gasteiger partial charge in [-0.2, -0.15) is 0 Å². The van der Waals surface area contributed by atoms with Crippen LogP contribution in [0.1, 0.15) is 46.2 Å². The van der Waals surface area contributed by atoms with Gasteiger partial charge in [-0.15, -0.1) is 0 Å². The molecule has 0 aliphatic heterocycles. The minimum Gasteiger partial charge on any atom is -0.465 e. The number of benzene rings is 1. The number of hydrogen-bond donors (Lipinski definition) is 2. The van der Waals surface area contributed by atoms with Crippen LogP contribution in [-0.2, 0) is 9.53 Å². The molecule has 0 spiro atoms. The fourth-order valence-corrected chi connectivity index (χ4v) is 1.69. The molecule has 4 nitrogen and oxygen atoms in total. The Morgan fingerprint density at radius 1 is 1.25 bits per heavy atom. The highest BCUT2D eigenvalue weighted by atomic mass is 16.5.